The summed E-state index contributed by atoms with van der Waals surface area (Å²) in [6, 6.07) is 5.65. The molecule has 0 saturated carbocycles. The quantitative estimate of drug-likeness (QED) is 0.922. The molecule has 0 amide bonds. The van der Waals surface area contributed by atoms with Crippen LogP contribution < -0.4 is 10.9 Å². The van der Waals surface area contributed by atoms with Gasteiger partial charge < -0.3 is 5.32 Å². The minimum Gasteiger partial charge on any atom is -0.316 e. The van der Waals surface area contributed by atoms with Crippen LogP contribution in [0.1, 0.15) is 12.1 Å². The maximum absolute atomic E-state index is 12.1. The molecule has 6 heteroatoms. The van der Waals surface area contributed by atoms with E-state index in [0.717, 1.165) is 25.2 Å². The van der Waals surface area contributed by atoms with E-state index in [2.05, 4.69) is 15.2 Å². The molecule has 1 atom stereocenters. The average molecular weight is 293 g/mol. The Labute approximate surface area is 122 Å². The third-order valence-corrected chi connectivity index (χ3v) is 3.97. The van der Waals surface area contributed by atoms with E-state index in [-0.39, 0.29) is 5.56 Å². The fourth-order valence-electron chi connectivity index (χ4n) is 2.65. The van der Waals surface area contributed by atoms with Crippen molar-refractivity contribution in [2.24, 2.45) is 0 Å². The Bertz CT molecular complexity index is 684. The number of nitrogens with one attached hydrogen (secondary N) is 1. The standard InChI is InChI=1S/C14H17ClN4O/c1-16-11-4-5-18(8-11)9-12-6-14(20)19-7-10(15)2-3-13(19)17-12/h2-3,6-7,11,16H,4-5,8-9H2,1H3. The first-order valence-corrected chi connectivity index (χ1v) is 7.11. The highest BCUT2D eigenvalue weighted by atomic mass is 35.5. The van der Waals surface area contributed by atoms with E-state index in [4.69, 9.17) is 11.6 Å². The van der Waals surface area contributed by atoms with E-state index in [1.165, 1.54) is 4.40 Å². The molecule has 0 aromatic carbocycles. The van der Waals surface area contributed by atoms with Gasteiger partial charge in [-0.1, -0.05) is 11.6 Å². The molecule has 1 saturated heterocycles. The van der Waals surface area contributed by atoms with Crippen molar-refractivity contribution in [1.29, 1.82) is 0 Å². The van der Waals surface area contributed by atoms with Crippen LogP contribution >= 0.6 is 11.6 Å². The van der Waals surface area contributed by atoms with Crippen molar-refractivity contribution in [1.82, 2.24) is 19.6 Å². The zero-order valence-electron chi connectivity index (χ0n) is 11.3. The van der Waals surface area contributed by atoms with Crippen LogP contribution in [0.4, 0.5) is 0 Å². The van der Waals surface area contributed by atoms with Crippen LogP contribution in [0.15, 0.2) is 29.2 Å². The van der Waals surface area contributed by atoms with E-state index < -0.39 is 0 Å². The largest absolute Gasteiger partial charge is 0.316 e. The van der Waals surface area contributed by atoms with Gasteiger partial charge >= 0.3 is 0 Å². The molecule has 20 heavy (non-hydrogen) atoms. The van der Waals surface area contributed by atoms with Crippen LogP contribution in [0.25, 0.3) is 5.65 Å². The minimum absolute atomic E-state index is 0.0862. The summed E-state index contributed by atoms with van der Waals surface area (Å²) >= 11 is 5.90. The molecule has 1 N–H and O–H groups in total. The lowest BCUT2D eigenvalue weighted by Gasteiger charge is -2.15. The molecular formula is C14H17ClN4O. The fourth-order valence-corrected chi connectivity index (χ4v) is 2.81. The SMILES string of the molecule is CNC1CCN(Cc2cc(=O)n3cc(Cl)ccc3n2)C1. The zero-order chi connectivity index (χ0) is 14.1. The number of hydrogen-bond donors (Lipinski definition) is 1. The molecule has 3 heterocycles. The number of pyridine rings is 1. The van der Waals surface area contributed by atoms with Gasteiger partial charge in [0.05, 0.1) is 10.7 Å². The molecule has 0 radical (unpaired) electrons. The van der Waals surface area contributed by atoms with Crippen molar-refractivity contribution >= 4 is 17.2 Å². The van der Waals surface area contributed by atoms with Crippen molar-refractivity contribution in [3.63, 3.8) is 0 Å². The predicted molar refractivity (Wildman–Crippen MR) is 79.2 cm³/mol. The van der Waals surface area contributed by atoms with Crippen molar-refractivity contribution in [2.45, 2.75) is 19.0 Å². The predicted octanol–water partition coefficient (Wildman–Crippen LogP) is 1.14. The number of likely N-dealkylation sites (N-methyl/N-ethyl adjacent to an activating group) is 1. The first kappa shape index (κ1) is 13.5. The summed E-state index contributed by atoms with van der Waals surface area (Å²) in [7, 11) is 1.98. The molecule has 1 fully saturated rings. The number of halogens is 1. The molecule has 0 aliphatic carbocycles. The van der Waals surface area contributed by atoms with Gasteiger partial charge in [-0.05, 0) is 25.6 Å². The summed E-state index contributed by atoms with van der Waals surface area (Å²) in [4.78, 5) is 18.9. The highest BCUT2D eigenvalue weighted by molar-refractivity contribution is 6.30. The van der Waals surface area contributed by atoms with Crippen LogP contribution in [-0.4, -0.2) is 40.5 Å². The van der Waals surface area contributed by atoms with Crippen molar-refractivity contribution in [2.75, 3.05) is 20.1 Å². The van der Waals surface area contributed by atoms with Crippen molar-refractivity contribution in [3.8, 4) is 0 Å². The lowest BCUT2D eigenvalue weighted by Crippen LogP contribution is -2.30. The number of nitrogens with zero attached hydrogens (tertiary/aromatic N) is 3. The average Bonchev–Trinajstić information content (AvgIpc) is 2.87. The van der Waals surface area contributed by atoms with E-state index in [1.807, 2.05) is 7.05 Å². The molecule has 2 aromatic heterocycles. The second kappa shape index (κ2) is 5.52. The summed E-state index contributed by atoms with van der Waals surface area (Å²) in [5.74, 6) is 0. The Morgan fingerprint density at radius 2 is 2.35 bits per heavy atom. The number of rotatable bonds is 3. The smallest absolute Gasteiger partial charge is 0.258 e. The number of aromatic nitrogens is 2. The number of likely N-dealkylation sites (tertiary alicyclic amines) is 1. The van der Waals surface area contributed by atoms with Crippen molar-refractivity contribution < 1.29 is 0 Å². The van der Waals surface area contributed by atoms with Gasteiger partial charge in [0, 0.05) is 37.9 Å². The number of hydrogen-bond acceptors (Lipinski definition) is 4. The van der Waals surface area contributed by atoms with Crippen LogP contribution in [0.3, 0.4) is 0 Å². The molecule has 3 rings (SSSR count). The van der Waals surface area contributed by atoms with Crippen LogP contribution in [0.5, 0.6) is 0 Å². The third kappa shape index (κ3) is 2.70. The lowest BCUT2D eigenvalue weighted by molar-refractivity contribution is 0.318. The molecule has 0 spiro atoms. The topological polar surface area (TPSA) is 49.6 Å². The maximum Gasteiger partial charge on any atom is 0.258 e. The minimum atomic E-state index is -0.0862. The van der Waals surface area contributed by atoms with Gasteiger partial charge in [0.15, 0.2) is 0 Å². The Kier molecular flexibility index (Phi) is 3.74. The number of fused-ring (bicyclic) bond motifs is 1. The van der Waals surface area contributed by atoms with Crippen LogP contribution in [-0.2, 0) is 6.54 Å². The molecule has 1 unspecified atom stereocenters. The zero-order valence-corrected chi connectivity index (χ0v) is 12.1. The van der Waals surface area contributed by atoms with E-state index >= 15 is 0 Å². The Morgan fingerprint density at radius 3 is 3.10 bits per heavy atom. The molecule has 1 aliphatic rings. The summed E-state index contributed by atoms with van der Waals surface area (Å²) in [6.45, 7) is 2.75. The van der Waals surface area contributed by atoms with Gasteiger partial charge in [0.2, 0.25) is 0 Å². The first-order valence-electron chi connectivity index (χ1n) is 6.73. The van der Waals surface area contributed by atoms with Gasteiger partial charge in [0.25, 0.3) is 5.56 Å². The first-order chi connectivity index (χ1) is 9.65. The highest BCUT2D eigenvalue weighted by Crippen LogP contribution is 2.13. The van der Waals surface area contributed by atoms with Crippen LogP contribution in [0, 0.1) is 0 Å². The van der Waals surface area contributed by atoms with E-state index in [9.17, 15) is 4.79 Å². The second-order valence-corrected chi connectivity index (χ2v) is 5.61. The third-order valence-electron chi connectivity index (χ3n) is 3.74. The fraction of sp³-hybridized carbons (Fsp3) is 0.429. The second-order valence-electron chi connectivity index (χ2n) is 5.17. The van der Waals surface area contributed by atoms with Crippen molar-refractivity contribution in [3.05, 3.63) is 45.5 Å². The van der Waals surface area contributed by atoms with E-state index in [1.54, 1.807) is 24.4 Å². The van der Waals surface area contributed by atoms with Gasteiger partial charge in [-0.3, -0.25) is 14.1 Å². The van der Waals surface area contributed by atoms with E-state index in [0.29, 0.717) is 23.3 Å². The molecule has 1 aliphatic heterocycles. The molecular weight excluding hydrogens is 276 g/mol. The Morgan fingerprint density at radius 1 is 1.50 bits per heavy atom. The summed E-state index contributed by atoms with van der Waals surface area (Å²) in [5, 5.41) is 3.82. The summed E-state index contributed by atoms with van der Waals surface area (Å²) < 4.78 is 1.48. The Balaban J connectivity index is 1.86. The van der Waals surface area contributed by atoms with Gasteiger partial charge in [-0.15, -0.1) is 0 Å². The van der Waals surface area contributed by atoms with Crippen LogP contribution in [0.2, 0.25) is 5.02 Å². The highest BCUT2D eigenvalue weighted by Gasteiger charge is 2.21. The molecule has 2 aromatic rings. The van der Waals surface area contributed by atoms with Gasteiger partial charge in [-0.25, -0.2) is 4.98 Å². The molecule has 5 nitrogen and oxygen atoms in total. The summed E-state index contributed by atoms with van der Waals surface area (Å²) in [5.41, 5.74) is 1.37. The maximum atomic E-state index is 12.1. The Hall–Kier alpha value is -1.43. The van der Waals surface area contributed by atoms with Gasteiger partial charge in [-0.2, -0.15) is 0 Å². The molecule has 106 valence electrons. The lowest BCUT2D eigenvalue weighted by atomic mass is 10.3. The van der Waals surface area contributed by atoms with Gasteiger partial charge in [0.1, 0.15) is 5.65 Å². The normalized spacial score (nSPS) is 19.8. The molecule has 0 bridgehead atoms. The summed E-state index contributed by atoms with van der Waals surface area (Å²) in [6.07, 6.45) is 2.74. The monoisotopic (exact) mass is 292 g/mol.